The maximum absolute atomic E-state index is 13.9. The lowest BCUT2D eigenvalue weighted by Crippen LogP contribution is -2.31. The van der Waals surface area contributed by atoms with Gasteiger partial charge in [-0.05, 0) is 68.5 Å². The molecule has 1 unspecified atom stereocenters. The number of nitrogens with one attached hydrogen (secondary N) is 1. The zero-order valence-electron chi connectivity index (χ0n) is 9.52. The monoisotopic (exact) mass is 285 g/mol. The Morgan fingerprint density at radius 1 is 1.50 bits per heavy atom. The molecular weight excluding hydrogens is 269 g/mol. The second-order valence-electron chi connectivity index (χ2n) is 4.61. The van der Waals surface area contributed by atoms with Gasteiger partial charge in [-0.2, -0.15) is 0 Å². The molecule has 0 aromatic heterocycles. The zero-order chi connectivity index (χ0) is 11.5. The highest BCUT2D eigenvalue weighted by atomic mass is 79.9. The Labute approximate surface area is 105 Å². The minimum Gasteiger partial charge on any atom is -0.316 e. The van der Waals surface area contributed by atoms with E-state index in [-0.39, 0.29) is 5.82 Å². The maximum atomic E-state index is 13.9. The highest BCUT2D eigenvalue weighted by Gasteiger charge is 2.16. The molecule has 16 heavy (non-hydrogen) atoms. The first-order chi connectivity index (χ1) is 7.66. The van der Waals surface area contributed by atoms with E-state index in [9.17, 15) is 4.39 Å². The largest absolute Gasteiger partial charge is 0.316 e. The molecule has 1 atom stereocenters. The smallest absolute Gasteiger partial charge is 0.129 e. The highest BCUT2D eigenvalue weighted by molar-refractivity contribution is 9.10. The van der Waals surface area contributed by atoms with E-state index in [0.29, 0.717) is 5.92 Å². The second-order valence-corrected chi connectivity index (χ2v) is 5.53. The summed E-state index contributed by atoms with van der Waals surface area (Å²) in [5.74, 6) is 0.547. The predicted octanol–water partition coefficient (Wildman–Crippen LogP) is 3.44. The number of aryl methyl sites for hydroxylation is 1. The molecule has 0 spiro atoms. The number of hydrogen-bond donors (Lipinski definition) is 1. The van der Waals surface area contributed by atoms with Crippen LogP contribution in [0.1, 0.15) is 24.0 Å². The third-order valence-corrected chi connectivity index (χ3v) is 3.66. The van der Waals surface area contributed by atoms with Gasteiger partial charge in [0.15, 0.2) is 0 Å². The van der Waals surface area contributed by atoms with Crippen LogP contribution in [-0.4, -0.2) is 13.1 Å². The van der Waals surface area contributed by atoms with Crippen LogP contribution in [-0.2, 0) is 6.42 Å². The lowest BCUT2D eigenvalue weighted by molar-refractivity contribution is 0.371. The van der Waals surface area contributed by atoms with Gasteiger partial charge in [0.2, 0.25) is 0 Å². The summed E-state index contributed by atoms with van der Waals surface area (Å²) in [6.45, 7) is 3.95. The van der Waals surface area contributed by atoms with Crippen molar-refractivity contribution in [3.8, 4) is 0 Å². The Balaban J connectivity index is 2.13. The van der Waals surface area contributed by atoms with Crippen LogP contribution in [0, 0.1) is 18.7 Å². The molecule has 0 amide bonds. The average Bonchev–Trinajstić information content (AvgIpc) is 2.27. The Kier molecular flexibility index (Phi) is 3.98. The number of hydrogen-bond acceptors (Lipinski definition) is 1. The van der Waals surface area contributed by atoms with Gasteiger partial charge >= 0.3 is 0 Å². The standard InChI is InChI=1S/C13H17BrFN/c1-9-5-12(14)7-11(13(9)15)6-10-3-2-4-16-8-10/h5,7,10,16H,2-4,6,8H2,1H3. The van der Waals surface area contributed by atoms with Gasteiger partial charge in [-0.1, -0.05) is 15.9 Å². The predicted molar refractivity (Wildman–Crippen MR) is 68.1 cm³/mol. The second kappa shape index (κ2) is 5.28. The van der Waals surface area contributed by atoms with Crippen LogP contribution in [0.3, 0.4) is 0 Å². The van der Waals surface area contributed by atoms with E-state index in [1.807, 2.05) is 19.1 Å². The number of piperidine rings is 1. The third-order valence-electron chi connectivity index (χ3n) is 3.20. The van der Waals surface area contributed by atoms with Gasteiger partial charge < -0.3 is 5.32 Å². The lowest BCUT2D eigenvalue weighted by atomic mass is 9.91. The minimum atomic E-state index is -0.0335. The van der Waals surface area contributed by atoms with Crippen LogP contribution < -0.4 is 5.32 Å². The normalized spacial score (nSPS) is 21.1. The van der Waals surface area contributed by atoms with Gasteiger partial charge in [0.25, 0.3) is 0 Å². The minimum absolute atomic E-state index is 0.0335. The summed E-state index contributed by atoms with van der Waals surface area (Å²) in [5.41, 5.74) is 1.58. The van der Waals surface area contributed by atoms with Crippen LogP contribution in [0.25, 0.3) is 0 Å². The fourth-order valence-corrected chi connectivity index (χ4v) is 2.97. The van der Waals surface area contributed by atoms with Crippen LogP contribution in [0.15, 0.2) is 16.6 Å². The first-order valence-electron chi connectivity index (χ1n) is 5.82. The molecule has 1 nitrogen and oxygen atoms in total. The van der Waals surface area contributed by atoms with E-state index in [0.717, 1.165) is 35.1 Å². The van der Waals surface area contributed by atoms with E-state index >= 15 is 0 Å². The molecule has 1 aliphatic heterocycles. The molecule has 1 heterocycles. The molecule has 1 aromatic carbocycles. The van der Waals surface area contributed by atoms with Crippen LogP contribution in [0.2, 0.25) is 0 Å². The van der Waals surface area contributed by atoms with E-state index in [2.05, 4.69) is 21.2 Å². The van der Waals surface area contributed by atoms with Crippen molar-refractivity contribution in [2.45, 2.75) is 26.2 Å². The van der Waals surface area contributed by atoms with Crippen LogP contribution >= 0.6 is 15.9 Å². The molecule has 1 saturated heterocycles. The Morgan fingerprint density at radius 3 is 3.00 bits per heavy atom. The molecular formula is C13H17BrFN. The summed E-state index contributed by atoms with van der Waals surface area (Å²) in [4.78, 5) is 0. The van der Waals surface area contributed by atoms with Gasteiger partial charge in [0, 0.05) is 4.47 Å². The Bertz CT molecular complexity index is 372. The quantitative estimate of drug-likeness (QED) is 0.878. The number of halogens is 2. The van der Waals surface area contributed by atoms with Crippen molar-refractivity contribution in [1.29, 1.82) is 0 Å². The first-order valence-corrected chi connectivity index (χ1v) is 6.61. The van der Waals surface area contributed by atoms with Crippen LogP contribution in [0.4, 0.5) is 4.39 Å². The van der Waals surface area contributed by atoms with E-state index in [1.54, 1.807) is 0 Å². The third kappa shape index (κ3) is 2.83. The van der Waals surface area contributed by atoms with Gasteiger partial charge in [-0.25, -0.2) is 4.39 Å². The topological polar surface area (TPSA) is 12.0 Å². The van der Waals surface area contributed by atoms with Crippen molar-refractivity contribution in [3.63, 3.8) is 0 Å². The fourth-order valence-electron chi connectivity index (χ4n) is 2.35. The molecule has 2 rings (SSSR count). The molecule has 0 aliphatic carbocycles. The van der Waals surface area contributed by atoms with Gasteiger partial charge in [-0.15, -0.1) is 0 Å². The lowest BCUT2D eigenvalue weighted by Gasteiger charge is -2.23. The number of rotatable bonds is 2. The van der Waals surface area contributed by atoms with Gasteiger partial charge in [0.05, 0.1) is 0 Å². The molecule has 1 aliphatic rings. The summed E-state index contributed by atoms with van der Waals surface area (Å²) in [6, 6.07) is 3.74. The SMILES string of the molecule is Cc1cc(Br)cc(CC2CCCNC2)c1F. The van der Waals surface area contributed by atoms with Crippen molar-refractivity contribution < 1.29 is 4.39 Å². The molecule has 88 valence electrons. The summed E-state index contributed by atoms with van der Waals surface area (Å²) >= 11 is 3.43. The number of benzene rings is 1. The molecule has 1 N–H and O–H groups in total. The molecule has 1 aromatic rings. The molecule has 1 fully saturated rings. The highest BCUT2D eigenvalue weighted by Crippen LogP contribution is 2.24. The van der Waals surface area contributed by atoms with Gasteiger partial charge in [0.1, 0.15) is 5.82 Å². The van der Waals surface area contributed by atoms with E-state index in [4.69, 9.17) is 0 Å². The summed E-state index contributed by atoms with van der Waals surface area (Å²) < 4.78 is 14.9. The molecule has 0 saturated carbocycles. The molecule has 0 radical (unpaired) electrons. The molecule has 3 heteroatoms. The Hall–Kier alpha value is -0.410. The van der Waals surface area contributed by atoms with E-state index in [1.165, 1.54) is 12.8 Å². The average molecular weight is 286 g/mol. The van der Waals surface area contributed by atoms with Crippen molar-refractivity contribution in [2.75, 3.05) is 13.1 Å². The summed E-state index contributed by atoms with van der Waals surface area (Å²) in [6.07, 6.45) is 3.26. The maximum Gasteiger partial charge on any atom is 0.129 e. The first kappa shape index (κ1) is 12.1. The van der Waals surface area contributed by atoms with Crippen molar-refractivity contribution in [2.24, 2.45) is 5.92 Å². The zero-order valence-corrected chi connectivity index (χ0v) is 11.1. The molecule has 0 bridgehead atoms. The van der Waals surface area contributed by atoms with Crippen molar-refractivity contribution in [1.82, 2.24) is 5.32 Å². The van der Waals surface area contributed by atoms with Crippen molar-refractivity contribution in [3.05, 3.63) is 33.5 Å². The Morgan fingerprint density at radius 2 is 2.31 bits per heavy atom. The summed E-state index contributed by atoms with van der Waals surface area (Å²) in [5, 5.41) is 3.37. The van der Waals surface area contributed by atoms with Crippen molar-refractivity contribution >= 4 is 15.9 Å². The fraction of sp³-hybridized carbons (Fsp3) is 0.538. The van der Waals surface area contributed by atoms with E-state index < -0.39 is 0 Å². The van der Waals surface area contributed by atoms with Crippen LogP contribution in [0.5, 0.6) is 0 Å². The van der Waals surface area contributed by atoms with Gasteiger partial charge in [-0.3, -0.25) is 0 Å². The summed E-state index contributed by atoms with van der Waals surface area (Å²) in [7, 11) is 0.